The first-order valence-electron chi connectivity index (χ1n) is 5.22. The van der Waals surface area contributed by atoms with E-state index >= 15 is 0 Å². The summed E-state index contributed by atoms with van der Waals surface area (Å²) in [6.45, 7) is 3.40. The molecule has 1 aliphatic rings. The Labute approximate surface area is 84.7 Å². The third-order valence-electron chi connectivity index (χ3n) is 2.42. The van der Waals surface area contributed by atoms with Crippen molar-refractivity contribution in [2.24, 2.45) is 0 Å². The molecule has 0 aromatic carbocycles. The third kappa shape index (κ3) is 4.33. The van der Waals surface area contributed by atoms with Crippen LogP contribution in [0, 0.1) is 0 Å². The minimum Gasteiger partial charge on any atom is -0.309 e. The second-order valence-electron chi connectivity index (χ2n) is 4.54. The molecule has 1 rings (SSSR count). The zero-order valence-corrected chi connectivity index (χ0v) is 9.19. The summed E-state index contributed by atoms with van der Waals surface area (Å²) in [4.78, 5) is 1.77. The van der Waals surface area contributed by atoms with Crippen LogP contribution in [0.4, 0.5) is 8.78 Å². The van der Waals surface area contributed by atoms with E-state index in [1.807, 2.05) is 13.8 Å². The first kappa shape index (κ1) is 11.9. The number of hydrogen-bond acceptors (Lipinski definition) is 2. The summed E-state index contributed by atoms with van der Waals surface area (Å²) in [5, 5.41) is 2.77. The van der Waals surface area contributed by atoms with Crippen molar-refractivity contribution < 1.29 is 8.78 Å². The standard InChI is InChI=1S/C10H20F2N2/c1-8(2)13-6-10(11,12)7-14(3)9-4-5-9/h8-9,13H,4-7H2,1-3H3. The average Bonchev–Trinajstić information content (AvgIpc) is 2.82. The molecule has 0 spiro atoms. The van der Waals surface area contributed by atoms with E-state index in [9.17, 15) is 8.78 Å². The molecule has 84 valence electrons. The zero-order chi connectivity index (χ0) is 10.8. The fraction of sp³-hybridized carbons (Fsp3) is 1.00. The molecule has 4 heteroatoms. The van der Waals surface area contributed by atoms with Gasteiger partial charge in [0.1, 0.15) is 0 Å². The molecule has 2 nitrogen and oxygen atoms in total. The van der Waals surface area contributed by atoms with Crippen LogP contribution in [0.3, 0.4) is 0 Å². The summed E-state index contributed by atoms with van der Waals surface area (Å²) in [7, 11) is 1.78. The van der Waals surface area contributed by atoms with Crippen LogP contribution >= 0.6 is 0 Å². The summed E-state index contributed by atoms with van der Waals surface area (Å²) >= 11 is 0. The van der Waals surface area contributed by atoms with Gasteiger partial charge in [0.2, 0.25) is 0 Å². The van der Waals surface area contributed by atoms with Crippen LogP contribution in [-0.4, -0.2) is 43.0 Å². The normalized spacial score (nSPS) is 18.2. The molecule has 0 saturated heterocycles. The Morgan fingerprint density at radius 2 is 2.00 bits per heavy atom. The van der Waals surface area contributed by atoms with Gasteiger partial charge in [-0.15, -0.1) is 0 Å². The molecule has 0 aromatic heterocycles. The molecule has 14 heavy (non-hydrogen) atoms. The van der Waals surface area contributed by atoms with Gasteiger partial charge in [-0.25, -0.2) is 8.78 Å². The Morgan fingerprint density at radius 3 is 2.43 bits per heavy atom. The maximum Gasteiger partial charge on any atom is 0.272 e. The number of hydrogen-bond donors (Lipinski definition) is 1. The second kappa shape index (κ2) is 4.53. The zero-order valence-electron chi connectivity index (χ0n) is 9.19. The van der Waals surface area contributed by atoms with Gasteiger partial charge >= 0.3 is 0 Å². The van der Waals surface area contributed by atoms with Gasteiger partial charge in [-0.3, -0.25) is 4.90 Å². The van der Waals surface area contributed by atoms with E-state index in [-0.39, 0.29) is 19.1 Å². The molecule has 1 N–H and O–H groups in total. The minimum atomic E-state index is -2.61. The van der Waals surface area contributed by atoms with Crippen LogP contribution in [0.25, 0.3) is 0 Å². The molecule has 0 radical (unpaired) electrons. The lowest BCUT2D eigenvalue weighted by atomic mass is 10.3. The first-order valence-corrected chi connectivity index (χ1v) is 5.22. The smallest absolute Gasteiger partial charge is 0.272 e. The van der Waals surface area contributed by atoms with Crippen LogP contribution in [0.2, 0.25) is 0 Å². The summed E-state index contributed by atoms with van der Waals surface area (Å²) in [6, 6.07) is 0.520. The van der Waals surface area contributed by atoms with Gasteiger partial charge in [0.15, 0.2) is 0 Å². The fourth-order valence-electron chi connectivity index (χ4n) is 1.42. The lowest BCUT2D eigenvalue weighted by Gasteiger charge is -2.24. The number of halogens is 2. The van der Waals surface area contributed by atoms with Crippen LogP contribution in [0.15, 0.2) is 0 Å². The highest BCUT2D eigenvalue weighted by molar-refractivity contribution is 4.86. The number of nitrogens with one attached hydrogen (secondary N) is 1. The monoisotopic (exact) mass is 206 g/mol. The van der Waals surface area contributed by atoms with E-state index < -0.39 is 5.92 Å². The van der Waals surface area contributed by atoms with E-state index in [1.165, 1.54) is 0 Å². The van der Waals surface area contributed by atoms with Crippen LogP contribution < -0.4 is 5.32 Å². The summed E-state index contributed by atoms with van der Waals surface area (Å²) in [5.41, 5.74) is 0. The number of alkyl halides is 2. The van der Waals surface area contributed by atoms with Gasteiger partial charge < -0.3 is 5.32 Å². The van der Waals surface area contributed by atoms with E-state index in [1.54, 1.807) is 11.9 Å². The van der Waals surface area contributed by atoms with Crippen molar-refractivity contribution in [2.75, 3.05) is 20.1 Å². The number of rotatable bonds is 6. The molecular weight excluding hydrogens is 186 g/mol. The van der Waals surface area contributed by atoms with E-state index in [0.29, 0.717) is 6.04 Å². The largest absolute Gasteiger partial charge is 0.309 e. The van der Waals surface area contributed by atoms with Gasteiger partial charge in [-0.05, 0) is 19.9 Å². The number of nitrogens with zero attached hydrogens (tertiary/aromatic N) is 1. The highest BCUT2D eigenvalue weighted by Crippen LogP contribution is 2.27. The molecule has 0 bridgehead atoms. The summed E-state index contributed by atoms with van der Waals surface area (Å²) < 4.78 is 26.6. The summed E-state index contributed by atoms with van der Waals surface area (Å²) in [5.74, 6) is -2.61. The first-order chi connectivity index (χ1) is 6.41. The predicted octanol–water partition coefficient (Wildman–Crippen LogP) is 1.71. The van der Waals surface area contributed by atoms with Gasteiger partial charge in [0.25, 0.3) is 5.92 Å². The molecule has 0 unspecified atom stereocenters. The Bertz CT molecular complexity index is 179. The lowest BCUT2D eigenvalue weighted by molar-refractivity contribution is -0.0279. The Kier molecular flexibility index (Phi) is 3.84. The molecule has 0 aliphatic heterocycles. The van der Waals surface area contributed by atoms with Crippen LogP contribution in [0.5, 0.6) is 0 Å². The molecule has 1 aliphatic carbocycles. The van der Waals surface area contributed by atoms with Crippen LogP contribution in [-0.2, 0) is 0 Å². The van der Waals surface area contributed by atoms with Gasteiger partial charge in [-0.1, -0.05) is 13.8 Å². The highest BCUT2D eigenvalue weighted by atomic mass is 19.3. The van der Waals surface area contributed by atoms with E-state index in [4.69, 9.17) is 0 Å². The maximum atomic E-state index is 13.3. The quantitative estimate of drug-likeness (QED) is 0.711. The molecule has 0 heterocycles. The molecule has 0 amide bonds. The Hall–Kier alpha value is -0.220. The molecule has 0 aromatic rings. The predicted molar refractivity (Wildman–Crippen MR) is 53.7 cm³/mol. The second-order valence-corrected chi connectivity index (χ2v) is 4.54. The van der Waals surface area contributed by atoms with Crippen molar-refractivity contribution in [3.05, 3.63) is 0 Å². The van der Waals surface area contributed by atoms with Crippen LogP contribution in [0.1, 0.15) is 26.7 Å². The Morgan fingerprint density at radius 1 is 1.43 bits per heavy atom. The van der Waals surface area contributed by atoms with E-state index in [0.717, 1.165) is 12.8 Å². The third-order valence-corrected chi connectivity index (χ3v) is 2.42. The topological polar surface area (TPSA) is 15.3 Å². The van der Waals surface area contributed by atoms with Crippen molar-refractivity contribution in [1.82, 2.24) is 10.2 Å². The molecular formula is C10H20F2N2. The molecule has 1 fully saturated rings. The van der Waals surface area contributed by atoms with E-state index in [2.05, 4.69) is 5.32 Å². The SMILES string of the molecule is CC(C)NCC(F)(F)CN(C)C1CC1. The van der Waals surface area contributed by atoms with Gasteiger partial charge in [0.05, 0.1) is 13.1 Å². The molecule has 1 saturated carbocycles. The minimum absolute atomic E-state index is 0.118. The maximum absolute atomic E-state index is 13.3. The average molecular weight is 206 g/mol. The van der Waals surface area contributed by atoms with Crippen molar-refractivity contribution >= 4 is 0 Å². The Balaban J connectivity index is 2.24. The highest BCUT2D eigenvalue weighted by Gasteiger charge is 2.35. The fourth-order valence-corrected chi connectivity index (χ4v) is 1.42. The van der Waals surface area contributed by atoms with Crippen molar-refractivity contribution in [3.8, 4) is 0 Å². The van der Waals surface area contributed by atoms with Gasteiger partial charge in [0, 0.05) is 12.1 Å². The lowest BCUT2D eigenvalue weighted by Crippen LogP contribution is -2.44. The molecule has 0 atom stereocenters. The van der Waals surface area contributed by atoms with Gasteiger partial charge in [-0.2, -0.15) is 0 Å². The van der Waals surface area contributed by atoms with Crippen molar-refractivity contribution in [3.63, 3.8) is 0 Å². The van der Waals surface area contributed by atoms with Crippen molar-refractivity contribution in [1.29, 1.82) is 0 Å². The van der Waals surface area contributed by atoms with Crippen molar-refractivity contribution in [2.45, 2.75) is 44.7 Å². The summed E-state index contributed by atoms with van der Waals surface area (Å²) in [6.07, 6.45) is 2.15.